The third-order valence-electron chi connectivity index (χ3n) is 3.69. The Kier molecular flexibility index (Phi) is 4.43. The predicted molar refractivity (Wildman–Crippen MR) is 79.1 cm³/mol. The molecule has 98 valence electrons. The van der Waals surface area contributed by atoms with Crippen molar-refractivity contribution in [3.05, 3.63) is 42.5 Å². The Morgan fingerprint density at radius 1 is 1.44 bits per heavy atom. The summed E-state index contributed by atoms with van der Waals surface area (Å²) in [5, 5.41) is 3.41. The minimum absolute atomic E-state index is 0.437. The highest BCUT2D eigenvalue weighted by molar-refractivity contribution is 5.57. The van der Waals surface area contributed by atoms with Gasteiger partial charge in [-0.05, 0) is 37.9 Å². The molecule has 0 amide bonds. The third kappa shape index (κ3) is 2.75. The Balaban J connectivity index is 2.32. The first-order valence-electron chi connectivity index (χ1n) is 6.95. The molecule has 1 aliphatic rings. The van der Waals surface area contributed by atoms with Gasteiger partial charge in [0.05, 0.1) is 0 Å². The van der Waals surface area contributed by atoms with Crippen LogP contribution in [0.3, 0.4) is 0 Å². The van der Waals surface area contributed by atoms with Crippen LogP contribution in [-0.2, 0) is 0 Å². The largest absolute Gasteiger partial charge is 0.365 e. The minimum Gasteiger partial charge on any atom is -0.365 e. The maximum atomic E-state index is 3.89. The van der Waals surface area contributed by atoms with E-state index in [1.54, 1.807) is 0 Å². The fourth-order valence-electron chi connectivity index (χ4n) is 2.59. The molecule has 1 saturated carbocycles. The van der Waals surface area contributed by atoms with Gasteiger partial charge in [-0.2, -0.15) is 0 Å². The molecule has 1 aliphatic carbocycles. The molecule has 1 unspecified atom stereocenters. The van der Waals surface area contributed by atoms with Crippen molar-refractivity contribution in [1.82, 2.24) is 5.32 Å². The lowest BCUT2D eigenvalue weighted by Gasteiger charge is -2.28. The fourth-order valence-corrected chi connectivity index (χ4v) is 2.59. The van der Waals surface area contributed by atoms with Crippen LogP contribution >= 0.6 is 0 Å². The maximum Gasteiger partial charge on any atom is 0.0420 e. The number of para-hydroxylation sites is 1. The first-order chi connectivity index (χ1) is 8.81. The second-order valence-electron chi connectivity index (χ2n) is 4.98. The van der Waals surface area contributed by atoms with E-state index in [9.17, 15) is 0 Å². The van der Waals surface area contributed by atoms with E-state index in [0.717, 1.165) is 19.0 Å². The van der Waals surface area contributed by atoms with Gasteiger partial charge in [-0.1, -0.05) is 31.2 Å². The fraction of sp³-hybridized carbons (Fsp3) is 0.500. The zero-order chi connectivity index (χ0) is 13.0. The molecule has 0 heterocycles. The first-order valence-corrected chi connectivity index (χ1v) is 6.95. The molecule has 2 heteroatoms. The van der Waals surface area contributed by atoms with Crippen LogP contribution in [0.2, 0.25) is 0 Å². The summed E-state index contributed by atoms with van der Waals surface area (Å²) in [4.78, 5) is 2.50. The topological polar surface area (TPSA) is 15.3 Å². The summed E-state index contributed by atoms with van der Waals surface area (Å²) in [5.41, 5.74) is 2.79. The molecular formula is C16H24N2. The van der Waals surface area contributed by atoms with Crippen LogP contribution in [-0.4, -0.2) is 19.6 Å². The summed E-state index contributed by atoms with van der Waals surface area (Å²) in [6, 6.07) is 9.93. The summed E-state index contributed by atoms with van der Waals surface area (Å²) in [5.74, 6) is 0. The van der Waals surface area contributed by atoms with Gasteiger partial charge in [-0.25, -0.2) is 0 Å². The van der Waals surface area contributed by atoms with Gasteiger partial charge in [0.15, 0.2) is 0 Å². The van der Waals surface area contributed by atoms with Crippen molar-refractivity contribution in [2.75, 3.05) is 18.5 Å². The number of nitrogens with zero attached hydrogens (tertiary/aromatic N) is 1. The number of hydrogen-bond acceptors (Lipinski definition) is 2. The van der Waals surface area contributed by atoms with Gasteiger partial charge in [-0.15, -0.1) is 6.58 Å². The number of benzene rings is 1. The number of hydrogen-bond donors (Lipinski definition) is 1. The summed E-state index contributed by atoms with van der Waals surface area (Å²) >= 11 is 0. The molecule has 1 aromatic rings. The van der Waals surface area contributed by atoms with E-state index < -0.39 is 0 Å². The quantitative estimate of drug-likeness (QED) is 0.738. The molecule has 0 bridgehead atoms. The lowest BCUT2D eigenvalue weighted by molar-refractivity contribution is 0.575. The molecule has 0 spiro atoms. The normalized spacial score (nSPS) is 16.3. The van der Waals surface area contributed by atoms with Crippen molar-refractivity contribution in [3.63, 3.8) is 0 Å². The van der Waals surface area contributed by atoms with Gasteiger partial charge in [-0.3, -0.25) is 0 Å². The van der Waals surface area contributed by atoms with Crippen molar-refractivity contribution in [1.29, 1.82) is 0 Å². The third-order valence-corrected chi connectivity index (χ3v) is 3.69. The molecule has 1 fully saturated rings. The van der Waals surface area contributed by atoms with Crippen molar-refractivity contribution in [2.45, 2.75) is 38.3 Å². The van der Waals surface area contributed by atoms with Crippen molar-refractivity contribution in [3.8, 4) is 0 Å². The number of nitrogens with one attached hydrogen (secondary N) is 1. The minimum atomic E-state index is 0.437. The number of rotatable bonds is 7. The van der Waals surface area contributed by atoms with Crippen molar-refractivity contribution >= 4 is 5.69 Å². The Labute approximate surface area is 111 Å². The van der Waals surface area contributed by atoms with Crippen molar-refractivity contribution < 1.29 is 0 Å². The van der Waals surface area contributed by atoms with Crippen LogP contribution in [0.15, 0.2) is 36.9 Å². The Hall–Kier alpha value is -1.28. The summed E-state index contributed by atoms with van der Waals surface area (Å²) in [6.45, 7) is 7.07. The van der Waals surface area contributed by atoms with Crippen LogP contribution in [0, 0.1) is 0 Å². The molecule has 0 aromatic heterocycles. The average molecular weight is 244 g/mol. The van der Waals surface area contributed by atoms with Crippen LogP contribution in [0.5, 0.6) is 0 Å². The molecule has 0 saturated heterocycles. The van der Waals surface area contributed by atoms with Crippen LogP contribution in [0.1, 0.15) is 37.8 Å². The van der Waals surface area contributed by atoms with E-state index in [2.05, 4.69) is 48.0 Å². The Bertz CT molecular complexity index is 392. The van der Waals surface area contributed by atoms with Gasteiger partial charge in [0.2, 0.25) is 0 Å². The SMILES string of the molecule is C=CCN(c1ccccc1C(CC)NC)C1CC1. The van der Waals surface area contributed by atoms with Gasteiger partial charge < -0.3 is 10.2 Å². The first kappa shape index (κ1) is 13.2. The molecule has 0 aliphatic heterocycles. The summed E-state index contributed by atoms with van der Waals surface area (Å²) in [7, 11) is 2.04. The highest BCUT2D eigenvalue weighted by atomic mass is 15.2. The van der Waals surface area contributed by atoms with E-state index in [-0.39, 0.29) is 0 Å². The molecule has 1 aromatic carbocycles. The zero-order valence-electron chi connectivity index (χ0n) is 11.5. The van der Waals surface area contributed by atoms with Gasteiger partial charge in [0, 0.05) is 24.3 Å². The predicted octanol–water partition coefficient (Wildman–Crippen LogP) is 3.51. The summed E-state index contributed by atoms with van der Waals surface area (Å²) < 4.78 is 0. The average Bonchev–Trinajstić information content (AvgIpc) is 3.23. The lowest BCUT2D eigenvalue weighted by Crippen LogP contribution is -2.28. The monoisotopic (exact) mass is 244 g/mol. The van der Waals surface area contributed by atoms with E-state index >= 15 is 0 Å². The molecule has 2 nitrogen and oxygen atoms in total. The Morgan fingerprint density at radius 3 is 2.72 bits per heavy atom. The van der Waals surface area contributed by atoms with E-state index in [4.69, 9.17) is 0 Å². The van der Waals surface area contributed by atoms with Crippen molar-refractivity contribution in [2.24, 2.45) is 0 Å². The number of anilines is 1. The molecule has 1 N–H and O–H groups in total. The van der Waals surface area contributed by atoms with E-state index in [1.807, 2.05) is 13.1 Å². The van der Waals surface area contributed by atoms with Crippen LogP contribution in [0.4, 0.5) is 5.69 Å². The molecule has 0 radical (unpaired) electrons. The van der Waals surface area contributed by atoms with E-state index in [1.165, 1.54) is 24.1 Å². The van der Waals surface area contributed by atoms with Crippen LogP contribution in [0.25, 0.3) is 0 Å². The smallest absolute Gasteiger partial charge is 0.0420 e. The summed E-state index contributed by atoms with van der Waals surface area (Å²) in [6.07, 6.45) is 5.76. The molecular weight excluding hydrogens is 220 g/mol. The highest BCUT2D eigenvalue weighted by Crippen LogP contribution is 2.36. The van der Waals surface area contributed by atoms with Crippen LogP contribution < -0.4 is 10.2 Å². The Morgan fingerprint density at radius 2 is 2.17 bits per heavy atom. The second-order valence-corrected chi connectivity index (χ2v) is 4.98. The standard InChI is InChI=1S/C16H24N2/c1-4-12-18(13-10-11-13)16-9-7-6-8-14(16)15(5-2)17-3/h4,6-9,13,15,17H,1,5,10-12H2,2-3H3. The van der Waals surface area contributed by atoms with E-state index in [0.29, 0.717) is 6.04 Å². The van der Waals surface area contributed by atoms with Gasteiger partial charge in [0.1, 0.15) is 0 Å². The molecule has 1 atom stereocenters. The molecule has 18 heavy (non-hydrogen) atoms. The second kappa shape index (κ2) is 6.05. The zero-order valence-corrected chi connectivity index (χ0v) is 11.5. The highest BCUT2D eigenvalue weighted by Gasteiger charge is 2.30. The lowest BCUT2D eigenvalue weighted by atomic mass is 10.0. The van der Waals surface area contributed by atoms with Gasteiger partial charge in [0.25, 0.3) is 0 Å². The maximum absolute atomic E-state index is 3.89. The van der Waals surface area contributed by atoms with Gasteiger partial charge >= 0.3 is 0 Å². The molecule has 2 rings (SSSR count).